The van der Waals surface area contributed by atoms with Gasteiger partial charge in [0.25, 0.3) is 0 Å². The summed E-state index contributed by atoms with van der Waals surface area (Å²) in [5, 5.41) is 3.47. The lowest BCUT2D eigenvalue weighted by Gasteiger charge is -2.38. The SMILES string of the molecule is CCN(CC)CC(c1ccc(C(C)C)cc1)N1CCNCC1. The smallest absolute Gasteiger partial charge is 0.0476 e. The molecule has 1 saturated heterocycles. The van der Waals surface area contributed by atoms with Crippen LogP contribution in [0.5, 0.6) is 0 Å². The summed E-state index contributed by atoms with van der Waals surface area (Å²) in [6.07, 6.45) is 0. The minimum atomic E-state index is 0.517. The molecule has 124 valence electrons. The molecule has 0 aromatic heterocycles. The molecule has 0 spiro atoms. The van der Waals surface area contributed by atoms with E-state index in [0.29, 0.717) is 12.0 Å². The van der Waals surface area contributed by atoms with Gasteiger partial charge in [-0.05, 0) is 30.1 Å². The van der Waals surface area contributed by atoms with E-state index in [4.69, 9.17) is 0 Å². The van der Waals surface area contributed by atoms with E-state index in [1.807, 2.05) is 0 Å². The molecule has 3 nitrogen and oxygen atoms in total. The molecule has 1 aliphatic rings. The molecule has 0 amide bonds. The van der Waals surface area contributed by atoms with Crippen LogP contribution in [0.25, 0.3) is 0 Å². The minimum absolute atomic E-state index is 0.517. The highest BCUT2D eigenvalue weighted by Crippen LogP contribution is 2.24. The molecule has 1 atom stereocenters. The zero-order valence-corrected chi connectivity index (χ0v) is 14.8. The quantitative estimate of drug-likeness (QED) is 0.835. The van der Waals surface area contributed by atoms with Gasteiger partial charge in [0.15, 0.2) is 0 Å². The van der Waals surface area contributed by atoms with Crippen LogP contribution in [-0.4, -0.2) is 55.6 Å². The zero-order chi connectivity index (χ0) is 15.9. The number of hydrogen-bond donors (Lipinski definition) is 1. The Labute approximate surface area is 136 Å². The van der Waals surface area contributed by atoms with Crippen molar-refractivity contribution in [1.82, 2.24) is 15.1 Å². The van der Waals surface area contributed by atoms with Crippen molar-refractivity contribution in [3.05, 3.63) is 35.4 Å². The maximum absolute atomic E-state index is 3.47. The molecule has 0 saturated carbocycles. The van der Waals surface area contributed by atoms with Gasteiger partial charge in [-0.1, -0.05) is 52.0 Å². The van der Waals surface area contributed by atoms with Crippen molar-refractivity contribution in [2.24, 2.45) is 0 Å². The molecular formula is C19H33N3. The van der Waals surface area contributed by atoms with Gasteiger partial charge in [0.1, 0.15) is 0 Å². The molecule has 1 heterocycles. The Morgan fingerprint density at radius 2 is 1.55 bits per heavy atom. The highest BCUT2D eigenvalue weighted by Gasteiger charge is 2.23. The molecular weight excluding hydrogens is 270 g/mol. The average molecular weight is 303 g/mol. The van der Waals surface area contributed by atoms with Crippen LogP contribution in [0.2, 0.25) is 0 Å². The summed E-state index contributed by atoms with van der Waals surface area (Å²) in [5.74, 6) is 0.606. The van der Waals surface area contributed by atoms with Crippen LogP contribution in [0.15, 0.2) is 24.3 Å². The van der Waals surface area contributed by atoms with Crippen molar-refractivity contribution in [2.45, 2.75) is 39.7 Å². The van der Waals surface area contributed by atoms with Crippen molar-refractivity contribution in [1.29, 1.82) is 0 Å². The Bertz CT molecular complexity index is 417. The second kappa shape index (κ2) is 8.66. The monoisotopic (exact) mass is 303 g/mol. The highest BCUT2D eigenvalue weighted by molar-refractivity contribution is 5.27. The first-order valence-electron chi connectivity index (χ1n) is 8.92. The lowest BCUT2D eigenvalue weighted by Crippen LogP contribution is -2.48. The predicted molar refractivity (Wildman–Crippen MR) is 95.5 cm³/mol. The third kappa shape index (κ3) is 4.55. The van der Waals surface area contributed by atoms with Crippen LogP contribution in [-0.2, 0) is 0 Å². The van der Waals surface area contributed by atoms with Gasteiger partial charge in [0.05, 0.1) is 0 Å². The predicted octanol–water partition coefficient (Wildman–Crippen LogP) is 3.10. The molecule has 0 radical (unpaired) electrons. The number of benzene rings is 1. The maximum atomic E-state index is 3.47. The van der Waals surface area contributed by atoms with Gasteiger partial charge in [-0.25, -0.2) is 0 Å². The second-order valence-electron chi connectivity index (χ2n) is 6.61. The Morgan fingerprint density at radius 1 is 1.00 bits per heavy atom. The summed E-state index contributed by atoms with van der Waals surface area (Å²) < 4.78 is 0. The Hall–Kier alpha value is -0.900. The van der Waals surface area contributed by atoms with Crippen LogP contribution >= 0.6 is 0 Å². The van der Waals surface area contributed by atoms with Gasteiger partial charge in [-0.3, -0.25) is 4.90 Å². The lowest BCUT2D eigenvalue weighted by atomic mass is 9.97. The molecule has 0 aliphatic carbocycles. The summed E-state index contributed by atoms with van der Waals surface area (Å²) in [7, 11) is 0. The zero-order valence-electron chi connectivity index (χ0n) is 14.8. The van der Waals surface area contributed by atoms with Gasteiger partial charge < -0.3 is 10.2 Å². The second-order valence-corrected chi connectivity index (χ2v) is 6.61. The fourth-order valence-electron chi connectivity index (χ4n) is 3.25. The Kier molecular flexibility index (Phi) is 6.87. The molecule has 1 aromatic rings. The van der Waals surface area contributed by atoms with Crippen molar-refractivity contribution in [3.8, 4) is 0 Å². The Balaban J connectivity index is 2.18. The van der Waals surface area contributed by atoms with Crippen molar-refractivity contribution in [3.63, 3.8) is 0 Å². The lowest BCUT2D eigenvalue weighted by molar-refractivity contribution is 0.129. The van der Waals surface area contributed by atoms with Crippen molar-refractivity contribution < 1.29 is 0 Å². The third-order valence-electron chi connectivity index (χ3n) is 4.91. The number of nitrogens with zero attached hydrogens (tertiary/aromatic N) is 2. The van der Waals surface area contributed by atoms with E-state index in [9.17, 15) is 0 Å². The van der Waals surface area contributed by atoms with Gasteiger partial charge in [-0.15, -0.1) is 0 Å². The number of piperazine rings is 1. The molecule has 3 heteroatoms. The van der Waals surface area contributed by atoms with E-state index in [1.165, 1.54) is 11.1 Å². The Morgan fingerprint density at radius 3 is 2.05 bits per heavy atom. The first kappa shape index (κ1) is 17.5. The molecule has 0 bridgehead atoms. The van der Waals surface area contributed by atoms with E-state index in [0.717, 1.165) is 45.8 Å². The van der Waals surface area contributed by atoms with Gasteiger partial charge >= 0.3 is 0 Å². The maximum Gasteiger partial charge on any atom is 0.0476 e. The first-order chi connectivity index (χ1) is 10.7. The van der Waals surface area contributed by atoms with Gasteiger partial charge in [-0.2, -0.15) is 0 Å². The fraction of sp³-hybridized carbons (Fsp3) is 0.684. The summed E-state index contributed by atoms with van der Waals surface area (Å²) in [6.45, 7) is 17.0. The fourth-order valence-corrected chi connectivity index (χ4v) is 3.25. The summed E-state index contributed by atoms with van der Waals surface area (Å²) in [6, 6.07) is 9.86. The van der Waals surface area contributed by atoms with Crippen LogP contribution in [0.3, 0.4) is 0 Å². The van der Waals surface area contributed by atoms with Crippen molar-refractivity contribution >= 4 is 0 Å². The normalized spacial score (nSPS) is 18.1. The van der Waals surface area contributed by atoms with E-state index in [-0.39, 0.29) is 0 Å². The van der Waals surface area contributed by atoms with Crippen molar-refractivity contribution in [2.75, 3.05) is 45.8 Å². The minimum Gasteiger partial charge on any atom is -0.314 e. The van der Waals surface area contributed by atoms with E-state index < -0.39 is 0 Å². The van der Waals surface area contributed by atoms with Crippen LogP contribution in [0.1, 0.15) is 50.8 Å². The molecule has 22 heavy (non-hydrogen) atoms. The molecule has 1 aromatic carbocycles. The van der Waals surface area contributed by atoms with Crippen LogP contribution in [0, 0.1) is 0 Å². The van der Waals surface area contributed by atoms with Crippen LogP contribution in [0.4, 0.5) is 0 Å². The summed E-state index contributed by atoms with van der Waals surface area (Å²) in [4.78, 5) is 5.20. The highest BCUT2D eigenvalue weighted by atomic mass is 15.2. The molecule has 1 fully saturated rings. The number of rotatable bonds is 7. The summed E-state index contributed by atoms with van der Waals surface area (Å²) >= 11 is 0. The first-order valence-corrected chi connectivity index (χ1v) is 8.92. The number of hydrogen-bond acceptors (Lipinski definition) is 3. The van der Waals surface area contributed by atoms with E-state index in [2.05, 4.69) is 67.1 Å². The topological polar surface area (TPSA) is 18.5 Å². The third-order valence-corrected chi connectivity index (χ3v) is 4.91. The standard InChI is InChI=1S/C19H33N3/c1-5-21(6-2)15-19(22-13-11-20-12-14-22)18-9-7-17(8-10-18)16(3)4/h7-10,16,19-20H,5-6,11-15H2,1-4H3. The number of nitrogens with one attached hydrogen (secondary N) is 1. The number of likely N-dealkylation sites (N-methyl/N-ethyl adjacent to an activating group) is 1. The molecule has 1 aliphatic heterocycles. The van der Waals surface area contributed by atoms with Gasteiger partial charge in [0, 0.05) is 38.8 Å². The molecule has 1 unspecified atom stereocenters. The summed E-state index contributed by atoms with van der Waals surface area (Å²) in [5.41, 5.74) is 2.91. The molecule has 2 rings (SSSR count). The molecule has 1 N–H and O–H groups in total. The van der Waals surface area contributed by atoms with Crippen LogP contribution < -0.4 is 5.32 Å². The van der Waals surface area contributed by atoms with Gasteiger partial charge in [0.2, 0.25) is 0 Å². The largest absolute Gasteiger partial charge is 0.314 e. The van der Waals surface area contributed by atoms with E-state index >= 15 is 0 Å². The van der Waals surface area contributed by atoms with E-state index in [1.54, 1.807) is 0 Å². The average Bonchev–Trinajstić information content (AvgIpc) is 2.57.